The highest BCUT2D eigenvalue weighted by atomic mass is 19.4. The molecule has 0 aliphatic heterocycles. The molecule has 1 amide bonds. The van der Waals surface area contributed by atoms with E-state index in [0.717, 1.165) is 17.7 Å². The van der Waals surface area contributed by atoms with Crippen molar-refractivity contribution >= 4 is 17.6 Å². The van der Waals surface area contributed by atoms with E-state index < -0.39 is 30.1 Å². The maximum atomic E-state index is 12.1. The van der Waals surface area contributed by atoms with Crippen molar-refractivity contribution in [2.75, 3.05) is 12.4 Å². The van der Waals surface area contributed by atoms with Crippen LogP contribution in [-0.2, 0) is 20.7 Å². The van der Waals surface area contributed by atoms with Gasteiger partial charge in [-0.05, 0) is 55.3 Å². The van der Waals surface area contributed by atoms with Crippen LogP contribution in [0.2, 0.25) is 0 Å². The van der Waals surface area contributed by atoms with Crippen molar-refractivity contribution in [2.45, 2.75) is 32.2 Å². The number of carbonyl (C=O) groups excluding carboxylic acids is 2. The zero-order valence-electron chi connectivity index (χ0n) is 15.8. The average Bonchev–Trinajstić information content (AvgIpc) is 2.67. The van der Waals surface area contributed by atoms with Gasteiger partial charge in [-0.3, -0.25) is 9.59 Å². The molecule has 2 aromatic rings. The van der Waals surface area contributed by atoms with Gasteiger partial charge < -0.3 is 19.5 Å². The molecule has 0 aromatic heterocycles. The van der Waals surface area contributed by atoms with Crippen LogP contribution >= 0.6 is 0 Å². The van der Waals surface area contributed by atoms with E-state index in [-0.39, 0.29) is 12.1 Å². The van der Waals surface area contributed by atoms with Crippen molar-refractivity contribution in [3.63, 3.8) is 0 Å². The van der Waals surface area contributed by atoms with Crippen LogP contribution in [0.15, 0.2) is 48.5 Å². The van der Waals surface area contributed by atoms with Crippen LogP contribution in [0.25, 0.3) is 0 Å². The molecule has 0 fully saturated rings. The monoisotopic (exact) mass is 411 g/mol. The molecule has 0 aliphatic rings. The molecule has 0 radical (unpaired) electrons. The largest absolute Gasteiger partial charge is 0.573 e. The van der Waals surface area contributed by atoms with Crippen molar-refractivity contribution in [3.8, 4) is 11.5 Å². The van der Waals surface area contributed by atoms with Gasteiger partial charge in [0.2, 0.25) is 0 Å². The first-order valence-corrected chi connectivity index (χ1v) is 8.65. The molecule has 0 heterocycles. The summed E-state index contributed by atoms with van der Waals surface area (Å²) in [5.74, 6) is -0.849. The molecule has 1 atom stereocenters. The Labute approximate surface area is 165 Å². The highest BCUT2D eigenvalue weighted by Gasteiger charge is 2.31. The van der Waals surface area contributed by atoms with E-state index in [4.69, 9.17) is 9.47 Å². The van der Waals surface area contributed by atoms with Gasteiger partial charge in [-0.2, -0.15) is 0 Å². The van der Waals surface area contributed by atoms with Crippen molar-refractivity contribution in [2.24, 2.45) is 0 Å². The van der Waals surface area contributed by atoms with Crippen molar-refractivity contribution < 1.29 is 37.0 Å². The molecule has 0 aliphatic carbocycles. The third kappa shape index (κ3) is 7.73. The van der Waals surface area contributed by atoms with Gasteiger partial charge in [0.15, 0.2) is 6.10 Å². The van der Waals surface area contributed by atoms with Crippen LogP contribution in [0.5, 0.6) is 11.5 Å². The Morgan fingerprint density at radius 1 is 1.00 bits per heavy atom. The summed E-state index contributed by atoms with van der Waals surface area (Å²) in [6, 6.07) is 11.8. The van der Waals surface area contributed by atoms with E-state index >= 15 is 0 Å². The third-order valence-electron chi connectivity index (χ3n) is 3.81. The SMILES string of the molecule is COc1ccc(CCC(=O)OC(C)C(=O)Nc2ccc(OC(F)(F)F)cc2)cc1. The smallest absolute Gasteiger partial charge is 0.497 e. The lowest BCUT2D eigenvalue weighted by atomic mass is 10.1. The summed E-state index contributed by atoms with van der Waals surface area (Å²) in [7, 11) is 1.56. The molecule has 9 heteroatoms. The predicted molar refractivity (Wildman–Crippen MR) is 98.6 cm³/mol. The average molecular weight is 411 g/mol. The number of methoxy groups -OCH3 is 1. The van der Waals surface area contributed by atoms with E-state index in [2.05, 4.69) is 10.1 Å². The number of esters is 1. The second kappa shape index (κ2) is 9.81. The van der Waals surface area contributed by atoms with Gasteiger partial charge in [0.05, 0.1) is 7.11 Å². The summed E-state index contributed by atoms with van der Waals surface area (Å²) >= 11 is 0. The van der Waals surface area contributed by atoms with Gasteiger partial charge in [-0.1, -0.05) is 12.1 Å². The Kier molecular flexibility index (Phi) is 7.46. The Morgan fingerprint density at radius 3 is 2.14 bits per heavy atom. The molecule has 156 valence electrons. The number of carbonyl (C=O) groups is 2. The van der Waals surface area contributed by atoms with E-state index in [1.165, 1.54) is 19.1 Å². The summed E-state index contributed by atoms with van der Waals surface area (Å²) in [5.41, 5.74) is 1.16. The minimum absolute atomic E-state index is 0.0907. The van der Waals surface area contributed by atoms with Crippen molar-refractivity contribution in [1.29, 1.82) is 0 Å². The van der Waals surface area contributed by atoms with E-state index in [0.29, 0.717) is 12.2 Å². The van der Waals surface area contributed by atoms with Crippen LogP contribution in [0.3, 0.4) is 0 Å². The molecule has 1 unspecified atom stereocenters. The standard InChI is InChI=1S/C20H20F3NO5/c1-13(28-18(25)12-5-14-3-8-16(27-2)9-4-14)19(26)24-15-6-10-17(11-7-15)29-20(21,22)23/h3-4,6-11,13H,5,12H2,1-2H3,(H,24,26). The number of benzene rings is 2. The molecular weight excluding hydrogens is 391 g/mol. The second-order valence-corrected chi connectivity index (χ2v) is 6.04. The lowest BCUT2D eigenvalue weighted by Crippen LogP contribution is -2.30. The van der Waals surface area contributed by atoms with Crippen LogP contribution in [0.4, 0.5) is 18.9 Å². The molecule has 0 saturated carbocycles. The summed E-state index contributed by atoms with van der Waals surface area (Å²) in [5, 5.41) is 2.46. The lowest BCUT2D eigenvalue weighted by molar-refractivity contribution is -0.274. The minimum Gasteiger partial charge on any atom is -0.497 e. The summed E-state index contributed by atoms with van der Waals surface area (Å²) in [4.78, 5) is 24.0. The first-order valence-electron chi connectivity index (χ1n) is 8.65. The number of aryl methyl sites for hydroxylation is 1. The Morgan fingerprint density at radius 2 is 1.59 bits per heavy atom. The number of ether oxygens (including phenoxy) is 3. The molecule has 0 saturated heterocycles. The van der Waals surface area contributed by atoms with Crippen molar-refractivity contribution in [3.05, 3.63) is 54.1 Å². The molecule has 6 nitrogen and oxygen atoms in total. The number of rotatable bonds is 8. The highest BCUT2D eigenvalue weighted by molar-refractivity contribution is 5.95. The van der Waals surface area contributed by atoms with Gasteiger partial charge in [0, 0.05) is 12.1 Å². The molecule has 29 heavy (non-hydrogen) atoms. The summed E-state index contributed by atoms with van der Waals surface area (Å²) in [6.45, 7) is 1.40. The zero-order chi connectivity index (χ0) is 21.4. The first-order chi connectivity index (χ1) is 13.7. The molecule has 1 N–H and O–H groups in total. The van der Waals surface area contributed by atoms with E-state index in [9.17, 15) is 22.8 Å². The van der Waals surface area contributed by atoms with Gasteiger partial charge in [-0.25, -0.2) is 0 Å². The predicted octanol–water partition coefficient (Wildman–Crippen LogP) is 4.10. The lowest BCUT2D eigenvalue weighted by Gasteiger charge is -2.14. The molecule has 0 bridgehead atoms. The van der Waals surface area contributed by atoms with Crippen LogP contribution in [0.1, 0.15) is 18.9 Å². The van der Waals surface area contributed by atoms with Crippen LogP contribution in [0, 0.1) is 0 Å². The highest BCUT2D eigenvalue weighted by Crippen LogP contribution is 2.24. The zero-order valence-corrected chi connectivity index (χ0v) is 15.8. The van der Waals surface area contributed by atoms with E-state index in [1.54, 1.807) is 19.2 Å². The number of halogens is 3. The molecule has 2 aromatic carbocycles. The number of anilines is 1. The number of alkyl halides is 3. The van der Waals surface area contributed by atoms with E-state index in [1.807, 2.05) is 12.1 Å². The Hall–Kier alpha value is -3.23. The number of hydrogen-bond donors (Lipinski definition) is 1. The Balaban J connectivity index is 1.79. The summed E-state index contributed by atoms with van der Waals surface area (Å²) < 4.78 is 50.3. The number of amides is 1. The fourth-order valence-corrected chi connectivity index (χ4v) is 2.33. The minimum atomic E-state index is -4.79. The number of nitrogens with one attached hydrogen (secondary N) is 1. The maximum absolute atomic E-state index is 12.1. The Bertz CT molecular complexity index is 820. The van der Waals surface area contributed by atoms with Gasteiger partial charge >= 0.3 is 12.3 Å². The van der Waals surface area contributed by atoms with Crippen LogP contribution < -0.4 is 14.8 Å². The maximum Gasteiger partial charge on any atom is 0.573 e. The van der Waals surface area contributed by atoms with Crippen molar-refractivity contribution in [1.82, 2.24) is 0 Å². The van der Waals surface area contributed by atoms with Crippen LogP contribution in [-0.4, -0.2) is 31.5 Å². The first kappa shape index (κ1) is 22.1. The number of hydrogen-bond acceptors (Lipinski definition) is 5. The van der Waals surface area contributed by atoms with Gasteiger partial charge in [0.25, 0.3) is 5.91 Å². The van der Waals surface area contributed by atoms with Gasteiger partial charge in [-0.15, -0.1) is 13.2 Å². The summed E-state index contributed by atoms with van der Waals surface area (Å²) in [6.07, 6.45) is -5.32. The topological polar surface area (TPSA) is 73.9 Å². The van der Waals surface area contributed by atoms with Gasteiger partial charge in [0.1, 0.15) is 11.5 Å². The molecule has 2 rings (SSSR count). The normalized spacial score (nSPS) is 12.0. The third-order valence-corrected chi connectivity index (χ3v) is 3.81. The second-order valence-electron chi connectivity index (χ2n) is 6.04. The molecule has 0 spiro atoms. The quantitative estimate of drug-likeness (QED) is 0.662. The molecular formula is C20H20F3NO5. The fraction of sp³-hybridized carbons (Fsp3) is 0.300. The fourth-order valence-electron chi connectivity index (χ4n) is 2.33.